The minimum atomic E-state index is -0.799. The van der Waals surface area contributed by atoms with Crippen LogP contribution in [0.4, 0.5) is 0 Å². The van der Waals surface area contributed by atoms with Gasteiger partial charge in [-0.3, -0.25) is 9.36 Å². The van der Waals surface area contributed by atoms with Crippen molar-refractivity contribution < 1.29 is 19.0 Å². The van der Waals surface area contributed by atoms with Gasteiger partial charge in [0.2, 0.25) is 0 Å². The molecule has 0 unspecified atom stereocenters. The van der Waals surface area contributed by atoms with E-state index in [0.29, 0.717) is 54.3 Å². The van der Waals surface area contributed by atoms with E-state index in [9.17, 15) is 9.59 Å². The fraction of sp³-hybridized carbons (Fsp3) is 0.265. The van der Waals surface area contributed by atoms with Crippen LogP contribution < -0.4 is 24.4 Å². The molecule has 0 fully saturated rings. The van der Waals surface area contributed by atoms with E-state index in [1.165, 1.54) is 15.9 Å². The molecular weight excluding hydrogens is 619 g/mol. The van der Waals surface area contributed by atoms with E-state index in [-0.39, 0.29) is 23.8 Å². The van der Waals surface area contributed by atoms with Gasteiger partial charge in [-0.25, -0.2) is 9.79 Å². The summed E-state index contributed by atoms with van der Waals surface area (Å²) in [6.45, 7) is 9.84. The second-order valence-electron chi connectivity index (χ2n) is 10.6. The number of rotatable bonds is 9. The average Bonchev–Trinajstić information content (AvgIpc) is 3.26. The summed E-state index contributed by atoms with van der Waals surface area (Å²) >= 11 is 14.4. The number of esters is 1. The van der Waals surface area contributed by atoms with Gasteiger partial charge in [0.25, 0.3) is 5.56 Å². The van der Waals surface area contributed by atoms with E-state index >= 15 is 0 Å². The van der Waals surface area contributed by atoms with Crippen molar-refractivity contribution in [2.45, 2.75) is 53.4 Å². The van der Waals surface area contributed by atoms with Crippen molar-refractivity contribution in [3.63, 3.8) is 0 Å². The third-order valence-corrected chi connectivity index (χ3v) is 8.46. The van der Waals surface area contributed by atoms with Gasteiger partial charge in [-0.1, -0.05) is 82.6 Å². The van der Waals surface area contributed by atoms with Crippen LogP contribution in [0.5, 0.6) is 11.5 Å². The summed E-state index contributed by atoms with van der Waals surface area (Å²) in [5.41, 5.74) is 3.86. The van der Waals surface area contributed by atoms with Crippen molar-refractivity contribution in [3.8, 4) is 11.5 Å². The lowest BCUT2D eigenvalue weighted by Crippen LogP contribution is -2.40. The number of carbonyl (C=O) groups is 1. The van der Waals surface area contributed by atoms with Gasteiger partial charge in [0.05, 0.1) is 38.6 Å². The number of halogens is 2. The molecule has 2 heterocycles. The Hall–Kier alpha value is -3.85. The van der Waals surface area contributed by atoms with Gasteiger partial charge in [-0.2, -0.15) is 0 Å². The molecule has 44 heavy (non-hydrogen) atoms. The van der Waals surface area contributed by atoms with Crippen molar-refractivity contribution in [2.75, 3.05) is 6.61 Å². The maximum Gasteiger partial charge on any atom is 0.338 e. The molecule has 3 aromatic carbocycles. The van der Waals surface area contributed by atoms with Crippen LogP contribution in [0, 0.1) is 6.92 Å². The number of aromatic nitrogens is 1. The van der Waals surface area contributed by atoms with Crippen LogP contribution in [0.15, 0.2) is 81.7 Å². The molecule has 0 saturated heterocycles. The fourth-order valence-corrected chi connectivity index (χ4v) is 6.61. The molecule has 0 spiro atoms. The van der Waals surface area contributed by atoms with Gasteiger partial charge in [0.15, 0.2) is 10.6 Å². The number of para-hydroxylation sites is 1. The first kappa shape index (κ1) is 31.6. The van der Waals surface area contributed by atoms with Crippen LogP contribution in [0.3, 0.4) is 0 Å². The van der Waals surface area contributed by atoms with E-state index in [1.54, 1.807) is 32.1 Å². The Morgan fingerprint density at radius 1 is 1.07 bits per heavy atom. The van der Waals surface area contributed by atoms with E-state index < -0.39 is 12.0 Å². The lowest BCUT2D eigenvalue weighted by Gasteiger charge is -2.26. The fourth-order valence-electron chi connectivity index (χ4n) is 4.95. The third-order valence-electron chi connectivity index (χ3n) is 6.92. The number of carbonyl (C=O) groups excluding carboxylic acids is 1. The summed E-state index contributed by atoms with van der Waals surface area (Å²) in [4.78, 5) is 32.4. The quantitative estimate of drug-likeness (QED) is 0.187. The van der Waals surface area contributed by atoms with Crippen molar-refractivity contribution in [1.82, 2.24) is 4.57 Å². The van der Waals surface area contributed by atoms with E-state index in [4.69, 9.17) is 37.4 Å². The number of ether oxygens (including phenoxy) is 3. The Bertz CT molecular complexity index is 1900. The molecule has 0 amide bonds. The molecule has 0 bridgehead atoms. The van der Waals surface area contributed by atoms with E-state index in [1.807, 2.05) is 69.3 Å². The zero-order chi connectivity index (χ0) is 31.5. The van der Waals surface area contributed by atoms with Crippen molar-refractivity contribution in [2.24, 2.45) is 4.99 Å². The van der Waals surface area contributed by atoms with Gasteiger partial charge in [0, 0.05) is 5.56 Å². The first-order valence-electron chi connectivity index (χ1n) is 14.2. The molecule has 0 saturated carbocycles. The summed E-state index contributed by atoms with van der Waals surface area (Å²) in [6.07, 6.45) is 1.59. The summed E-state index contributed by atoms with van der Waals surface area (Å²) in [6, 6.07) is 18.0. The standard InChI is InChI=1S/C34H32Cl2N2O5S/c1-6-41-33(40)29-21(5)37-34-38(30(29)24-9-7-8-10-27(24)43-19(2)3)32(39)28(44-34)17-23-15-25(35)31(26(36)16-23)42-18-22-13-11-20(4)12-14-22/h7-17,19,30H,6,18H2,1-5H3/b28-17+/t30-/m1/s1. The lowest BCUT2D eigenvalue weighted by molar-refractivity contribution is -0.139. The highest BCUT2D eigenvalue weighted by Gasteiger charge is 2.35. The van der Waals surface area contributed by atoms with Crippen LogP contribution in [0.2, 0.25) is 10.0 Å². The van der Waals surface area contributed by atoms with Crippen molar-refractivity contribution in [1.29, 1.82) is 0 Å². The Morgan fingerprint density at radius 2 is 1.75 bits per heavy atom. The van der Waals surface area contributed by atoms with Crippen LogP contribution in [-0.4, -0.2) is 23.2 Å². The van der Waals surface area contributed by atoms with Crippen LogP contribution >= 0.6 is 34.5 Å². The lowest BCUT2D eigenvalue weighted by atomic mass is 9.95. The summed E-state index contributed by atoms with van der Waals surface area (Å²) in [5, 5.41) is 0.642. The van der Waals surface area contributed by atoms with E-state index in [0.717, 1.165) is 11.1 Å². The number of thiazole rings is 1. The summed E-state index contributed by atoms with van der Waals surface area (Å²) < 4.78 is 19.4. The number of aryl methyl sites for hydroxylation is 1. The molecule has 4 aromatic rings. The number of hydrogen-bond donors (Lipinski definition) is 0. The second-order valence-corrected chi connectivity index (χ2v) is 12.4. The topological polar surface area (TPSA) is 79.1 Å². The zero-order valence-electron chi connectivity index (χ0n) is 25.0. The second kappa shape index (κ2) is 13.4. The Morgan fingerprint density at radius 3 is 2.41 bits per heavy atom. The van der Waals surface area contributed by atoms with Gasteiger partial charge >= 0.3 is 5.97 Å². The Kier molecular flexibility index (Phi) is 9.63. The number of allylic oxidation sites excluding steroid dienone is 1. The molecule has 0 N–H and O–H groups in total. The molecule has 7 nitrogen and oxygen atoms in total. The average molecular weight is 652 g/mol. The van der Waals surface area contributed by atoms with Crippen LogP contribution in [0.25, 0.3) is 6.08 Å². The highest BCUT2D eigenvalue weighted by molar-refractivity contribution is 7.07. The molecule has 1 aliphatic rings. The predicted molar refractivity (Wildman–Crippen MR) is 175 cm³/mol. The molecule has 0 radical (unpaired) electrons. The molecule has 10 heteroatoms. The summed E-state index contributed by atoms with van der Waals surface area (Å²) in [7, 11) is 0. The van der Waals surface area contributed by atoms with Crippen molar-refractivity contribution in [3.05, 3.63) is 124 Å². The minimum Gasteiger partial charge on any atom is -0.491 e. The first-order chi connectivity index (χ1) is 21.1. The smallest absolute Gasteiger partial charge is 0.338 e. The maximum absolute atomic E-state index is 14.1. The number of fused-ring (bicyclic) bond motifs is 1. The molecule has 1 aromatic heterocycles. The van der Waals surface area contributed by atoms with Crippen LogP contribution in [0.1, 0.15) is 56.0 Å². The minimum absolute atomic E-state index is 0.124. The first-order valence-corrected chi connectivity index (χ1v) is 15.8. The van der Waals surface area contributed by atoms with Crippen LogP contribution in [-0.2, 0) is 16.1 Å². The van der Waals surface area contributed by atoms with Gasteiger partial charge in [-0.15, -0.1) is 0 Å². The normalized spacial score (nSPS) is 14.8. The van der Waals surface area contributed by atoms with Gasteiger partial charge in [0.1, 0.15) is 18.4 Å². The SMILES string of the molecule is CCOC(=O)C1=C(C)N=c2s/c(=C/c3cc(Cl)c(OCc4ccc(C)cc4)c(Cl)c3)c(=O)n2[C@@H]1c1ccccc1OC(C)C. The number of benzene rings is 3. The largest absolute Gasteiger partial charge is 0.491 e. The van der Waals surface area contributed by atoms with E-state index in [2.05, 4.69) is 4.99 Å². The number of nitrogens with zero attached hydrogens (tertiary/aromatic N) is 2. The highest BCUT2D eigenvalue weighted by atomic mass is 35.5. The maximum atomic E-state index is 14.1. The number of hydrogen-bond acceptors (Lipinski definition) is 7. The molecule has 1 aliphatic heterocycles. The highest BCUT2D eigenvalue weighted by Crippen LogP contribution is 2.37. The Balaban J connectivity index is 1.58. The molecular formula is C34H32Cl2N2O5S. The monoisotopic (exact) mass is 650 g/mol. The van der Waals surface area contributed by atoms with Gasteiger partial charge < -0.3 is 14.2 Å². The molecule has 1 atom stereocenters. The predicted octanol–water partition coefficient (Wildman–Crippen LogP) is 6.78. The summed E-state index contributed by atoms with van der Waals surface area (Å²) in [5.74, 6) is 0.398. The third kappa shape index (κ3) is 6.62. The molecule has 5 rings (SSSR count). The molecule has 228 valence electrons. The van der Waals surface area contributed by atoms with Gasteiger partial charge in [-0.05, 0) is 70.0 Å². The molecule has 0 aliphatic carbocycles. The zero-order valence-corrected chi connectivity index (χ0v) is 27.3. The Labute approximate surface area is 269 Å². The van der Waals surface area contributed by atoms with Crippen molar-refractivity contribution >= 4 is 46.6 Å².